The highest BCUT2D eigenvalue weighted by molar-refractivity contribution is 5.97. The third-order valence-electron chi connectivity index (χ3n) is 3.40. The maximum absolute atomic E-state index is 12.2. The van der Waals surface area contributed by atoms with Crippen molar-refractivity contribution in [3.63, 3.8) is 0 Å². The van der Waals surface area contributed by atoms with Crippen LogP contribution in [0.2, 0.25) is 0 Å². The van der Waals surface area contributed by atoms with E-state index in [-0.39, 0.29) is 24.6 Å². The van der Waals surface area contributed by atoms with Gasteiger partial charge in [-0.15, -0.1) is 0 Å². The molecule has 0 aromatic heterocycles. The molecule has 132 valence electrons. The van der Waals surface area contributed by atoms with Crippen molar-refractivity contribution in [3.05, 3.63) is 65.7 Å². The summed E-state index contributed by atoms with van der Waals surface area (Å²) in [4.78, 5) is 23.8. The number of Topliss-reactive ketones (excluding diaryl/α,β-unsaturated/α-hetero) is 1. The lowest BCUT2D eigenvalue weighted by atomic mass is 10.1. The minimum atomic E-state index is -0.530. The highest BCUT2D eigenvalue weighted by Crippen LogP contribution is 2.16. The molecule has 0 bridgehead atoms. The summed E-state index contributed by atoms with van der Waals surface area (Å²) >= 11 is 0. The lowest BCUT2D eigenvalue weighted by Gasteiger charge is -2.19. The van der Waals surface area contributed by atoms with Gasteiger partial charge in [0.2, 0.25) is 0 Å². The Hall–Kier alpha value is -2.62. The van der Waals surface area contributed by atoms with Crippen molar-refractivity contribution in [2.45, 2.75) is 45.8 Å². The van der Waals surface area contributed by atoms with Crippen LogP contribution in [0.15, 0.2) is 54.6 Å². The minimum Gasteiger partial charge on any atom is -0.489 e. The number of rotatable bonds is 7. The molecule has 0 aliphatic heterocycles. The first-order chi connectivity index (χ1) is 11.8. The zero-order valence-electron chi connectivity index (χ0n) is 15.0. The number of benzene rings is 2. The molecule has 0 fully saturated rings. The van der Waals surface area contributed by atoms with Crippen molar-refractivity contribution in [2.24, 2.45) is 0 Å². The van der Waals surface area contributed by atoms with Crippen molar-refractivity contribution < 1.29 is 19.1 Å². The Balaban J connectivity index is 1.82. The second-order valence-corrected chi connectivity index (χ2v) is 6.81. The molecular formula is C21H24O4. The fourth-order valence-corrected chi connectivity index (χ4v) is 2.23. The molecular weight excluding hydrogens is 316 g/mol. The van der Waals surface area contributed by atoms with E-state index in [1.54, 1.807) is 45.0 Å². The van der Waals surface area contributed by atoms with Gasteiger partial charge in [0.15, 0.2) is 5.78 Å². The number of hydrogen-bond acceptors (Lipinski definition) is 4. The normalized spacial score (nSPS) is 11.0. The molecule has 0 spiro atoms. The summed E-state index contributed by atoms with van der Waals surface area (Å²) in [5, 5.41) is 0. The van der Waals surface area contributed by atoms with Crippen LogP contribution in [-0.4, -0.2) is 17.4 Å². The van der Waals surface area contributed by atoms with Gasteiger partial charge in [0, 0.05) is 12.0 Å². The third-order valence-corrected chi connectivity index (χ3v) is 3.40. The Morgan fingerprint density at radius 3 is 2.12 bits per heavy atom. The van der Waals surface area contributed by atoms with E-state index >= 15 is 0 Å². The molecule has 0 saturated carbocycles. The van der Waals surface area contributed by atoms with Gasteiger partial charge in [-0.25, -0.2) is 0 Å². The summed E-state index contributed by atoms with van der Waals surface area (Å²) in [6.45, 7) is 5.90. The molecule has 0 amide bonds. The SMILES string of the molecule is CC(C)(C)OC(=O)CCC(=O)c1ccc(OCc2ccccc2)cc1. The summed E-state index contributed by atoms with van der Waals surface area (Å²) in [5.74, 6) is 0.261. The van der Waals surface area contributed by atoms with E-state index in [1.807, 2.05) is 30.3 Å². The van der Waals surface area contributed by atoms with Crippen LogP contribution in [0.5, 0.6) is 5.75 Å². The largest absolute Gasteiger partial charge is 0.489 e. The molecule has 0 atom stereocenters. The van der Waals surface area contributed by atoms with E-state index in [0.717, 1.165) is 5.56 Å². The van der Waals surface area contributed by atoms with E-state index in [2.05, 4.69) is 0 Å². The number of carbonyl (C=O) groups excluding carboxylic acids is 2. The van der Waals surface area contributed by atoms with Gasteiger partial charge in [-0.05, 0) is 50.6 Å². The van der Waals surface area contributed by atoms with Crippen LogP contribution >= 0.6 is 0 Å². The van der Waals surface area contributed by atoms with E-state index in [4.69, 9.17) is 9.47 Å². The van der Waals surface area contributed by atoms with E-state index in [0.29, 0.717) is 17.9 Å². The first-order valence-electron chi connectivity index (χ1n) is 8.35. The predicted molar refractivity (Wildman–Crippen MR) is 96.6 cm³/mol. The topological polar surface area (TPSA) is 52.6 Å². The zero-order chi connectivity index (χ0) is 18.3. The quantitative estimate of drug-likeness (QED) is 0.547. The fourth-order valence-electron chi connectivity index (χ4n) is 2.23. The molecule has 25 heavy (non-hydrogen) atoms. The monoisotopic (exact) mass is 340 g/mol. The average Bonchev–Trinajstić information content (AvgIpc) is 2.58. The van der Waals surface area contributed by atoms with Crippen molar-refractivity contribution in [3.8, 4) is 5.75 Å². The standard InChI is InChI=1S/C21H24O4/c1-21(2,3)25-20(23)14-13-19(22)17-9-11-18(12-10-17)24-15-16-7-5-4-6-8-16/h4-12H,13-15H2,1-3H3. The summed E-state index contributed by atoms with van der Waals surface area (Å²) in [5.41, 5.74) is 1.12. The van der Waals surface area contributed by atoms with E-state index < -0.39 is 5.60 Å². The Kier molecular flexibility index (Phi) is 6.34. The average molecular weight is 340 g/mol. The van der Waals surface area contributed by atoms with Gasteiger partial charge in [0.25, 0.3) is 0 Å². The van der Waals surface area contributed by atoms with Gasteiger partial charge < -0.3 is 9.47 Å². The Morgan fingerprint density at radius 2 is 1.52 bits per heavy atom. The van der Waals surface area contributed by atoms with E-state index in [1.165, 1.54) is 0 Å². The summed E-state index contributed by atoms with van der Waals surface area (Å²) in [6.07, 6.45) is 0.224. The number of ketones is 1. The summed E-state index contributed by atoms with van der Waals surface area (Å²) in [6, 6.07) is 16.9. The van der Waals surface area contributed by atoms with Gasteiger partial charge in [0.05, 0.1) is 6.42 Å². The predicted octanol–water partition coefficient (Wildman–Crippen LogP) is 4.57. The molecule has 2 aromatic rings. The number of hydrogen-bond donors (Lipinski definition) is 0. The molecule has 0 aliphatic rings. The van der Waals surface area contributed by atoms with Crippen LogP contribution in [0.3, 0.4) is 0 Å². The molecule has 0 unspecified atom stereocenters. The van der Waals surface area contributed by atoms with Gasteiger partial charge in [-0.2, -0.15) is 0 Å². The highest BCUT2D eigenvalue weighted by Gasteiger charge is 2.17. The van der Waals surface area contributed by atoms with Crippen LogP contribution in [0, 0.1) is 0 Å². The van der Waals surface area contributed by atoms with Crippen LogP contribution in [0.1, 0.15) is 49.5 Å². The van der Waals surface area contributed by atoms with Crippen molar-refractivity contribution in [1.29, 1.82) is 0 Å². The van der Waals surface area contributed by atoms with Gasteiger partial charge in [-0.1, -0.05) is 30.3 Å². The third kappa shape index (κ3) is 6.79. The second kappa shape index (κ2) is 8.47. The lowest BCUT2D eigenvalue weighted by molar-refractivity contribution is -0.154. The van der Waals surface area contributed by atoms with Gasteiger partial charge in [-0.3, -0.25) is 9.59 Å². The molecule has 2 rings (SSSR count). The minimum absolute atomic E-state index is 0.0829. The number of ether oxygens (including phenoxy) is 2. The van der Waals surface area contributed by atoms with Crippen molar-refractivity contribution in [1.82, 2.24) is 0 Å². The maximum atomic E-state index is 12.2. The van der Waals surface area contributed by atoms with Gasteiger partial charge >= 0.3 is 5.97 Å². The molecule has 0 saturated heterocycles. The first-order valence-corrected chi connectivity index (χ1v) is 8.35. The Bertz CT molecular complexity index is 697. The molecule has 0 heterocycles. The Morgan fingerprint density at radius 1 is 0.880 bits per heavy atom. The van der Waals surface area contributed by atoms with Crippen molar-refractivity contribution >= 4 is 11.8 Å². The smallest absolute Gasteiger partial charge is 0.306 e. The molecule has 4 heteroatoms. The fraction of sp³-hybridized carbons (Fsp3) is 0.333. The van der Waals surface area contributed by atoms with Crippen LogP contribution < -0.4 is 4.74 Å². The first kappa shape index (κ1) is 18.7. The van der Waals surface area contributed by atoms with E-state index in [9.17, 15) is 9.59 Å². The summed E-state index contributed by atoms with van der Waals surface area (Å²) in [7, 11) is 0. The molecule has 0 aliphatic carbocycles. The van der Waals surface area contributed by atoms with Crippen LogP contribution in [-0.2, 0) is 16.1 Å². The maximum Gasteiger partial charge on any atom is 0.306 e. The molecule has 2 aromatic carbocycles. The highest BCUT2D eigenvalue weighted by atomic mass is 16.6. The Labute approximate surface area is 148 Å². The molecule has 0 N–H and O–H groups in total. The number of carbonyl (C=O) groups is 2. The second-order valence-electron chi connectivity index (χ2n) is 6.81. The lowest BCUT2D eigenvalue weighted by Crippen LogP contribution is -2.24. The molecule has 4 nitrogen and oxygen atoms in total. The summed E-state index contributed by atoms with van der Waals surface area (Å²) < 4.78 is 10.9. The van der Waals surface area contributed by atoms with Gasteiger partial charge in [0.1, 0.15) is 18.0 Å². The van der Waals surface area contributed by atoms with Crippen LogP contribution in [0.4, 0.5) is 0 Å². The van der Waals surface area contributed by atoms with Crippen LogP contribution in [0.25, 0.3) is 0 Å². The zero-order valence-corrected chi connectivity index (χ0v) is 15.0. The molecule has 0 radical (unpaired) electrons. The van der Waals surface area contributed by atoms with Crippen molar-refractivity contribution in [2.75, 3.05) is 0 Å². The number of esters is 1.